The quantitative estimate of drug-likeness (QED) is 0.0819. The molecule has 0 radical (unpaired) electrons. The molecule has 11 nitrogen and oxygen atoms in total. The van der Waals surface area contributed by atoms with Gasteiger partial charge in [0.15, 0.2) is 9.84 Å². The Morgan fingerprint density at radius 1 is 0.887 bits per heavy atom. The number of nitrogens with one attached hydrogen (secondary N) is 1. The van der Waals surface area contributed by atoms with Crippen molar-refractivity contribution in [1.82, 2.24) is 5.32 Å². The summed E-state index contributed by atoms with van der Waals surface area (Å²) < 4.78 is 89.7. The Kier molecular flexibility index (Phi) is 14.2. The Morgan fingerprint density at radius 3 is 2.13 bits per heavy atom. The fourth-order valence-electron chi connectivity index (χ4n) is 6.12. The third kappa shape index (κ3) is 11.5. The fraction of sp³-hybridized carbons (Fsp3) is 0.359. The van der Waals surface area contributed by atoms with Crippen molar-refractivity contribution in [2.24, 2.45) is 0 Å². The van der Waals surface area contributed by atoms with E-state index in [4.69, 9.17) is 0 Å². The Morgan fingerprint density at radius 2 is 1.49 bits per heavy atom. The normalized spacial score (nSPS) is 15.8. The summed E-state index contributed by atoms with van der Waals surface area (Å²) in [6.07, 6.45) is 15.3. The standard InChI is InChI=1S/C39H50N2O9S3/c1-8-51(43,44)26-24-40-37(42)19-15-12-16-25-41-35-23-22-32(53(48,49)50)28-34(35)39(6,7)36(41)18-14-11-9-10-13-17-30(3)38(4,5)33-27-31(52(45,46)47)21-20-29(33)2/h8-11,13-14,17-18,20-23,27-28H,1,3,12,15-16,19,24-26H2,2,4-7H3,(H,40,42)(H,45,46,47)(H,48,49,50)/b10-9+,14-11+,17-13+,36-18+. The number of carbonyl (C=O) groups excluding carboxylic acids is 1. The molecule has 14 heteroatoms. The Labute approximate surface area is 315 Å². The fourth-order valence-corrected chi connectivity index (χ4v) is 7.69. The van der Waals surface area contributed by atoms with Crippen molar-refractivity contribution in [1.29, 1.82) is 0 Å². The van der Waals surface area contributed by atoms with E-state index in [0.29, 0.717) is 13.0 Å². The van der Waals surface area contributed by atoms with Gasteiger partial charge in [-0.05, 0) is 78.4 Å². The molecule has 288 valence electrons. The number of sulfone groups is 1. The van der Waals surface area contributed by atoms with E-state index in [1.54, 1.807) is 12.1 Å². The highest BCUT2D eigenvalue weighted by Crippen LogP contribution is 2.48. The zero-order chi connectivity index (χ0) is 39.8. The molecule has 0 atom stereocenters. The van der Waals surface area contributed by atoms with E-state index < -0.39 is 40.9 Å². The molecule has 2 aromatic rings. The van der Waals surface area contributed by atoms with Gasteiger partial charge in [-0.15, -0.1) is 0 Å². The Hall–Kier alpha value is -4.08. The lowest BCUT2D eigenvalue weighted by atomic mass is 9.76. The summed E-state index contributed by atoms with van der Waals surface area (Å²) in [5.74, 6) is -0.425. The van der Waals surface area contributed by atoms with Crippen LogP contribution in [0.25, 0.3) is 0 Å². The van der Waals surface area contributed by atoms with Gasteiger partial charge >= 0.3 is 0 Å². The lowest BCUT2D eigenvalue weighted by molar-refractivity contribution is -0.121. The van der Waals surface area contributed by atoms with Crippen molar-refractivity contribution in [3.63, 3.8) is 0 Å². The molecule has 0 saturated carbocycles. The number of allylic oxidation sites excluding steroid dienone is 9. The first-order valence-electron chi connectivity index (χ1n) is 17.0. The van der Waals surface area contributed by atoms with Gasteiger partial charge in [0.25, 0.3) is 20.2 Å². The van der Waals surface area contributed by atoms with E-state index >= 15 is 0 Å². The van der Waals surface area contributed by atoms with Crippen LogP contribution in [0.4, 0.5) is 5.69 Å². The molecular formula is C39H50N2O9S3. The van der Waals surface area contributed by atoms with E-state index in [2.05, 4.69) is 23.4 Å². The van der Waals surface area contributed by atoms with E-state index in [0.717, 1.165) is 51.9 Å². The molecule has 1 aliphatic heterocycles. The van der Waals surface area contributed by atoms with Crippen LogP contribution in [-0.2, 0) is 45.7 Å². The molecule has 53 heavy (non-hydrogen) atoms. The summed E-state index contributed by atoms with van der Waals surface area (Å²) in [5, 5.41) is 3.49. The zero-order valence-corrected chi connectivity index (χ0v) is 33.3. The number of aryl methyl sites for hydroxylation is 1. The summed E-state index contributed by atoms with van der Waals surface area (Å²) in [6, 6.07) is 9.06. The van der Waals surface area contributed by atoms with Crippen molar-refractivity contribution in [2.45, 2.75) is 80.9 Å². The van der Waals surface area contributed by atoms with Gasteiger partial charge in [-0.1, -0.05) is 89.8 Å². The van der Waals surface area contributed by atoms with Crippen LogP contribution in [0.3, 0.4) is 0 Å². The molecule has 0 aliphatic carbocycles. The van der Waals surface area contributed by atoms with Crippen molar-refractivity contribution in [3.05, 3.63) is 125 Å². The van der Waals surface area contributed by atoms with Crippen LogP contribution in [0, 0.1) is 6.92 Å². The van der Waals surface area contributed by atoms with Gasteiger partial charge in [-0.2, -0.15) is 16.8 Å². The second-order valence-electron chi connectivity index (χ2n) is 13.9. The van der Waals surface area contributed by atoms with Gasteiger partial charge in [0, 0.05) is 47.1 Å². The number of carbonyl (C=O) groups is 1. The number of hydrogen-bond acceptors (Lipinski definition) is 8. The maximum atomic E-state index is 12.2. The van der Waals surface area contributed by atoms with Crippen LogP contribution in [0.5, 0.6) is 0 Å². The number of benzene rings is 2. The highest BCUT2D eigenvalue weighted by Gasteiger charge is 2.40. The number of anilines is 1. The monoisotopic (exact) mass is 786 g/mol. The van der Waals surface area contributed by atoms with Crippen LogP contribution in [0.2, 0.25) is 0 Å². The van der Waals surface area contributed by atoms with Crippen LogP contribution in [0.1, 0.15) is 70.1 Å². The molecular weight excluding hydrogens is 737 g/mol. The number of nitrogens with zero attached hydrogens (tertiary/aromatic N) is 1. The average molecular weight is 787 g/mol. The summed E-state index contributed by atoms with van der Waals surface area (Å²) in [5.41, 5.74) is 3.57. The molecule has 0 bridgehead atoms. The molecule has 1 heterocycles. The van der Waals surface area contributed by atoms with E-state index in [9.17, 15) is 39.2 Å². The molecule has 2 aromatic carbocycles. The maximum absolute atomic E-state index is 12.2. The van der Waals surface area contributed by atoms with E-state index in [1.165, 1.54) is 24.3 Å². The van der Waals surface area contributed by atoms with Gasteiger partial charge in [0.1, 0.15) is 0 Å². The molecule has 3 N–H and O–H groups in total. The Bertz CT molecular complexity index is 2180. The topological polar surface area (TPSA) is 175 Å². The van der Waals surface area contributed by atoms with Gasteiger partial charge in [0.05, 0.1) is 15.5 Å². The SMILES string of the molecule is C=CS(=O)(=O)CCNC(=O)CCCCCN1/C(=C/C=C/C=C/C=C/C(=C)C(C)(C)c2cc(S(=O)(=O)O)ccc2C)C(C)(C)c2cc(S(=O)(=O)O)ccc21. The molecule has 0 unspecified atom stereocenters. The van der Waals surface area contributed by atoms with Gasteiger partial charge in [-0.25, -0.2) is 8.42 Å². The predicted molar refractivity (Wildman–Crippen MR) is 211 cm³/mol. The lowest BCUT2D eigenvalue weighted by Gasteiger charge is -2.28. The zero-order valence-electron chi connectivity index (χ0n) is 30.9. The van der Waals surface area contributed by atoms with Gasteiger partial charge < -0.3 is 10.2 Å². The van der Waals surface area contributed by atoms with Crippen molar-refractivity contribution in [3.8, 4) is 0 Å². The first-order chi connectivity index (χ1) is 24.5. The molecule has 0 aromatic heterocycles. The summed E-state index contributed by atoms with van der Waals surface area (Å²) in [4.78, 5) is 13.9. The van der Waals surface area contributed by atoms with Crippen molar-refractivity contribution in [2.75, 3.05) is 23.7 Å². The first-order valence-corrected chi connectivity index (χ1v) is 21.6. The molecule has 3 rings (SSSR count). The minimum absolute atomic E-state index is 0.0235. The number of amides is 1. The largest absolute Gasteiger partial charge is 0.355 e. The third-order valence-corrected chi connectivity index (χ3v) is 12.4. The number of hydrogen-bond donors (Lipinski definition) is 3. The maximum Gasteiger partial charge on any atom is 0.294 e. The van der Waals surface area contributed by atoms with Crippen molar-refractivity contribution < 1.29 is 39.2 Å². The molecule has 1 amide bonds. The summed E-state index contributed by atoms with van der Waals surface area (Å²) >= 11 is 0. The molecule has 0 saturated heterocycles. The van der Waals surface area contributed by atoms with E-state index in [-0.39, 0.29) is 34.4 Å². The second-order valence-corrected chi connectivity index (χ2v) is 18.8. The average Bonchev–Trinajstić information content (AvgIpc) is 3.27. The van der Waals surface area contributed by atoms with Crippen LogP contribution >= 0.6 is 0 Å². The van der Waals surface area contributed by atoms with Gasteiger partial charge in [0.2, 0.25) is 5.91 Å². The van der Waals surface area contributed by atoms with E-state index in [1.807, 2.05) is 77.2 Å². The van der Waals surface area contributed by atoms with Crippen LogP contribution in [-0.4, -0.2) is 59.1 Å². The smallest absolute Gasteiger partial charge is 0.294 e. The molecule has 1 aliphatic rings. The summed E-state index contributed by atoms with van der Waals surface area (Å²) in [6.45, 7) is 17.8. The Balaban J connectivity index is 1.73. The predicted octanol–water partition coefficient (Wildman–Crippen LogP) is 6.91. The lowest BCUT2D eigenvalue weighted by Crippen LogP contribution is -2.28. The first kappa shape index (κ1) is 43.3. The summed E-state index contributed by atoms with van der Waals surface area (Å²) in [7, 11) is -12.2. The minimum atomic E-state index is -4.41. The second kappa shape index (κ2) is 17.4. The van der Waals surface area contributed by atoms with Crippen LogP contribution in [0.15, 0.2) is 119 Å². The molecule has 0 spiro atoms. The highest BCUT2D eigenvalue weighted by molar-refractivity contribution is 7.94. The van der Waals surface area contributed by atoms with Crippen LogP contribution < -0.4 is 10.2 Å². The number of unbranched alkanes of at least 4 members (excludes halogenated alkanes) is 2. The third-order valence-electron chi connectivity index (χ3n) is 9.39. The van der Waals surface area contributed by atoms with Gasteiger partial charge in [-0.3, -0.25) is 13.9 Å². The molecule has 0 fully saturated rings. The number of fused-ring (bicyclic) bond motifs is 1. The number of rotatable bonds is 18. The van der Waals surface area contributed by atoms with Crippen molar-refractivity contribution >= 4 is 41.7 Å². The minimum Gasteiger partial charge on any atom is -0.355 e. The highest BCUT2D eigenvalue weighted by atomic mass is 32.2.